The number of rotatable bonds is 3. The van der Waals surface area contributed by atoms with Crippen molar-refractivity contribution in [3.05, 3.63) is 29.3 Å². The molecule has 0 unspecified atom stereocenters. The molecule has 0 aliphatic heterocycles. The Balaban J connectivity index is 2.13. The van der Waals surface area contributed by atoms with Crippen LogP contribution < -0.4 is 0 Å². The Morgan fingerprint density at radius 3 is 2.95 bits per heavy atom. The molecule has 2 aromatic rings. The van der Waals surface area contributed by atoms with Crippen molar-refractivity contribution in [1.29, 1.82) is 0 Å². The molecule has 1 amide bonds. The molecule has 2 rings (SSSR count). The number of thioether (sulfide) groups is 1. The van der Waals surface area contributed by atoms with E-state index in [4.69, 9.17) is 16.0 Å². The Labute approximate surface area is 119 Å². The lowest BCUT2D eigenvalue weighted by molar-refractivity contribution is 0.235. The maximum atomic E-state index is 11.7. The minimum atomic E-state index is -0.135. The van der Waals surface area contributed by atoms with Gasteiger partial charge < -0.3 is 9.32 Å². The van der Waals surface area contributed by atoms with Crippen molar-refractivity contribution < 1.29 is 9.21 Å². The highest BCUT2D eigenvalue weighted by Gasteiger charge is 2.15. The summed E-state index contributed by atoms with van der Waals surface area (Å²) in [7, 11) is 1.71. The van der Waals surface area contributed by atoms with Gasteiger partial charge in [0.15, 0.2) is 0 Å². The summed E-state index contributed by atoms with van der Waals surface area (Å²) in [6, 6.07) is 7.10. The minimum absolute atomic E-state index is 0.135. The average molecular weight is 298 g/mol. The van der Waals surface area contributed by atoms with E-state index >= 15 is 0 Å². The first-order chi connectivity index (χ1) is 9.10. The van der Waals surface area contributed by atoms with Crippen molar-refractivity contribution in [2.75, 3.05) is 13.6 Å². The fourth-order valence-corrected chi connectivity index (χ4v) is 2.10. The number of amides is 1. The molecule has 1 aromatic carbocycles. The Bertz CT molecular complexity index is 588. The van der Waals surface area contributed by atoms with Gasteiger partial charge in [-0.1, -0.05) is 17.7 Å². The van der Waals surface area contributed by atoms with E-state index in [0.717, 1.165) is 17.3 Å². The van der Waals surface area contributed by atoms with Crippen molar-refractivity contribution in [3.8, 4) is 11.5 Å². The van der Waals surface area contributed by atoms with Crippen LogP contribution in [0.4, 0.5) is 4.79 Å². The van der Waals surface area contributed by atoms with Gasteiger partial charge in [-0.15, -0.1) is 10.2 Å². The SMILES string of the molecule is CCN(C)C(=O)Sc1nnc(-c2cccc(Cl)c2)o1. The normalized spacial score (nSPS) is 10.5. The van der Waals surface area contributed by atoms with Crippen LogP contribution in [0.1, 0.15) is 6.92 Å². The quantitative estimate of drug-likeness (QED) is 0.811. The maximum Gasteiger partial charge on any atom is 0.290 e. The van der Waals surface area contributed by atoms with Crippen LogP contribution in [0, 0.1) is 0 Å². The fourth-order valence-electron chi connectivity index (χ4n) is 1.27. The molecule has 5 nitrogen and oxygen atoms in total. The van der Waals surface area contributed by atoms with Gasteiger partial charge in [0, 0.05) is 35.9 Å². The Morgan fingerprint density at radius 1 is 1.47 bits per heavy atom. The molecule has 0 saturated heterocycles. The van der Waals surface area contributed by atoms with Crippen LogP contribution in [-0.4, -0.2) is 33.9 Å². The van der Waals surface area contributed by atoms with Crippen molar-refractivity contribution in [1.82, 2.24) is 15.1 Å². The second-order valence-corrected chi connectivity index (χ2v) is 5.10. The molecule has 0 saturated carbocycles. The molecule has 100 valence electrons. The number of halogens is 1. The molecule has 0 radical (unpaired) electrons. The Kier molecular flexibility index (Phi) is 4.44. The molecule has 1 heterocycles. The molecular weight excluding hydrogens is 286 g/mol. The number of aromatic nitrogens is 2. The number of nitrogens with zero attached hydrogens (tertiary/aromatic N) is 3. The van der Waals surface area contributed by atoms with Gasteiger partial charge in [0.2, 0.25) is 5.89 Å². The average Bonchev–Trinajstić information content (AvgIpc) is 2.86. The zero-order valence-corrected chi connectivity index (χ0v) is 12.0. The van der Waals surface area contributed by atoms with Crippen LogP contribution in [0.3, 0.4) is 0 Å². The first kappa shape index (κ1) is 13.9. The molecule has 0 aliphatic rings. The summed E-state index contributed by atoms with van der Waals surface area (Å²) < 4.78 is 5.42. The summed E-state index contributed by atoms with van der Waals surface area (Å²) in [4.78, 5) is 13.2. The third-order valence-electron chi connectivity index (χ3n) is 2.44. The van der Waals surface area contributed by atoms with E-state index in [0.29, 0.717) is 17.5 Å². The third kappa shape index (κ3) is 3.48. The Morgan fingerprint density at radius 2 is 2.26 bits per heavy atom. The molecule has 7 heteroatoms. The first-order valence-corrected chi connectivity index (χ1v) is 6.82. The van der Waals surface area contributed by atoms with E-state index < -0.39 is 0 Å². The molecular formula is C12H12ClN3O2S. The lowest BCUT2D eigenvalue weighted by atomic mass is 10.2. The zero-order chi connectivity index (χ0) is 13.8. The van der Waals surface area contributed by atoms with Gasteiger partial charge in [-0.25, -0.2) is 0 Å². The van der Waals surface area contributed by atoms with E-state index in [-0.39, 0.29) is 10.5 Å². The van der Waals surface area contributed by atoms with Crippen LogP contribution in [0.2, 0.25) is 5.02 Å². The molecule has 19 heavy (non-hydrogen) atoms. The molecule has 0 bridgehead atoms. The van der Waals surface area contributed by atoms with Gasteiger partial charge in [-0.05, 0) is 25.1 Å². The van der Waals surface area contributed by atoms with E-state index in [1.54, 1.807) is 30.1 Å². The molecule has 1 aromatic heterocycles. The van der Waals surface area contributed by atoms with E-state index in [9.17, 15) is 4.79 Å². The number of benzene rings is 1. The van der Waals surface area contributed by atoms with Gasteiger partial charge in [0.25, 0.3) is 10.5 Å². The van der Waals surface area contributed by atoms with Crippen LogP contribution in [0.15, 0.2) is 33.9 Å². The molecule has 0 spiro atoms. The van der Waals surface area contributed by atoms with Crippen LogP contribution in [0.5, 0.6) is 0 Å². The number of hydrogen-bond acceptors (Lipinski definition) is 5. The van der Waals surface area contributed by atoms with Crippen molar-refractivity contribution in [3.63, 3.8) is 0 Å². The monoisotopic (exact) mass is 297 g/mol. The standard InChI is InChI=1S/C12H12ClN3O2S/c1-3-16(2)12(17)19-11-15-14-10(18-11)8-5-4-6-9(13)7-8/h4-7H,3H2,1-2H3. The lowest BCUT2D eigenvalue weighted by Crippen LogP contribution is -2.21. The predicted molar refractivity (Wildman–Crippen MR) is 74.3 cm³/mol. The van der Waals surface area contributed by atoms with E-state index in [1.807, 2.05) is 13.0 Å². The number of hydrogen-bond donors (Lipinski definition) is 0. The Hall–Kier alpha value is -1.53. The highest BCUT2D eigenvalue weighted by molar-refractivity contribution is 8.13. The maximum absolute atomic E-state index is 11.7. The highest BCUT2D eigenvalue weighted by atomic mass is 35.5. The molecule has 0 aliphatic carbocycles. The smallest absolute Gasteiger partial charge is 0.290 e. The second-order valence-electron chi connectivity index (χ2n) is 3.77. The predicted octanol–water partition coefficient (Wildman–Crippen LogP) is 3.55. The van der Waals surface area contributed by atoms with Gasteiger partial charge in [0.05, 0.1) is 0 Å². The molecule has 0 fully saturated rings. The largest absolute Gasteiger partial charge is 0.411 e. The van der Waals surface area contributed by atoms with Crippen LogP contribution in [-0.2, 0) is 0 Å². The molecule has 0 N–H and O–H groups in total. The molecule has 0 atom stereocenters. The minimum Gasteiger partial charge on any atom is -0.411 e. The highest BCUT2D eigenvalue weighted by Crippen LogP contribution is 2.26. The topological polar surface area (TPSA) is 59.2 Å². The summed E-state index contributed by atoms with van der Waals surface area (Å²) in [5.74, 6) is 0.344. The summed E-state index contributed by atoms with van der Waals surface area (Å²) >= 11 is 6.80. The second kappa shape index (κ2) is 6.08. The van der Waals surface area contributed by atoms with E-state index in [2.05, 4.69) is 10.2 Å². The summed E-state index contributed by atoms with van der Waals surface area (Å²) in [6.07, 6.45) is 0. The van der Waals surface area contributed by atoms with Crippen molar-refractivity contribution in [2.45, 2.75) is 12.1 Å². The number of carbonyl (C=O) groups is 1. The first-order valence-electron chi connectivity index (χ1n) is 5.62. The number of carbonyl (C=O) groups excluding carboxylic acids is 1. The van der Waals surface area contributed by atoms with Gasteiger partial charge in [0.1, 0.15) is 0 Å². The lowest BCUT2D eigenvalue weighted by Gasteiger charge is -2.11. The van der Waals surface area contributed by atoms with Gasteiger partial charge in [-0.2, -0.15) is 0 Å². The van der Waals surface area contributed by atoms with Gasteiger partial charge in [-0.3, -0.25) is 4.79 Å². The summed E-state index contributed by atoms with van der Waals surface area (Å²) in [6.45, 7) is 2.52. The fraction of sp³-hybridized carbons (Fsp3) is 0.250. The summed E-state index contributed by atoms with van der Waals surface area (Å²) in [5.41, 5.74) is 0.725. The summed E-state index contributed by atoms with van der Waals surface area (Å²) in [5, 5.41) is 8.41. The van der Waals surface area contributed by atoms with Crippen LogP contribution >= 0.6 is 23.4 Å². The zero-order valence-electron chi connectivity index (χ0n) is 10.5. The van der Waals surface area contributed by atoms with Gasteiger partial charge >= 0.3 is 0 Å². The van der Waals surface area contributed by atoms with Crippen LogP contribution in [0.25, 0.3) is 11.5 Å². The third-order valence-corrected chi connectivity index (χ3v) is 3.50. The van der Waals surface area contributed by atoms with Crippen molar-refractivity contribution in [2.24, 2.45) is 0 Å². The van der Waals surface area contributed by atoms with E-state index in [1.165, 1.54) is 0 Å². The van der Waals surface area contributed by atoms with Crippen molar-refractivity contribution >= 4 is 28.6 Å².